The van der Waals surface area contributed by atoms with Crippen LogP contribution in [0.25, 0.3) is 0 Å². The Morgan fingerprint density at radius 3 is 2.79 bits per heavy atom. The Morgan fingerprint density at radius 1 is 1.28 bits per heavy atom. The summed E-state index contributed by atoms with van der Waals surface area (Å²) in [5.74, 6) is -0.112. The van der Waals surface area contributed by atoms with Crippen LogP contribution in [0.5, 0.6) is 0 Å². The third-order valence-electron chi connectivity index (χ3n) is 6.44. The highest BCUT2D eigenvalue weighted by molar-refractivity contribution is 5.93. The summed E-state index contributed by atoms with van der Waals surface area (Å²) in [6.45, 7) is 8.75. The van der Waals surface area contributed by atoms with E-state index in [4.69, 9.17) is 0 Å². The van der Waals surface area contributed by atoms with E-state index < -0.39 is 0 Å². The monoisotopic (exact) mass is 396 g/mol. The number of hydrogen-bond acceptors (Lipinski definition) is 5. The second kappa shape index (κ2) is 9.05. The van der Waals surface area contributed by atoms with Gasteiger partial charge in [0.1, 0.15) is 0 Å². The molecule has 0 saturated carbocycles. The van der Waals surface area contributed by atoms with Crippen LogP contribution in [0, 0.1) is 6.92 Å². The number of nitrogens with zero attached hydrogens (tertiary/aromatic N) is 4. The first kappa shape index (κ1) is 20.0. The van der Waals surface area contributed by atoms with E-state index in [0.29, 0.717) is 24.3 Å². The zero-order valence-electron chi connectivity index (χ0n) is 17.5. The number of rotatable bonds is 6. The van der Waals surface area contributed by atoms with Crippen molar-refractivity contribution in [1.82, 2.24) is 30.5 Å². The highest BCUT2D eigenvalue weighted by atomic mass is 16.2. The average molecular weight is 397 g/mol. The molecule has 1 aromatic heterocycles. The molecule has 7 heteroatoms. The summed E-state index contributed by atoms with van der Waals surface area (Å²) < 4.78 is 1.94. The van der Waals surface area contributed by atoms with E-state index in [-0.39, 0.29) is 5.91 Å². The highest BCUT2D eigenvalue weighted by Gasteiger charge is 2.25. The molecule has 0 bridgehead atoms. The third-order valence-corrected chi connectivity index (χ3v) is 6.44. The van der Waals surface area contributed by atoms with E-state index in [1.807, 2.05) is 11.6 Å². The molecule has 1 amide bonds. The predicted molar refractivity (Wildman–Crippen MR) is 113 cm³/mol. The van der Waals surface area contributed by atoms with E-state index in [0.717, 1.165) is 57.6 Å². The fourth-order valence-corrected chi connectivity index (χ4v) is 4.60. The molecule has 3 heterocycles. The molecular formula is C22H32N6O. The van der Waals surface area contributed by atoms with Crippen molar-refractivity contribution in [2.75, 3.05) is 26.2 Å². The molecule has 156 valence electrons. The van der Waals surface area contributed by atoms with Crippen molar-refractivity contribution in [1.29, 1.82) is 0 Å². The maximum Gasteiger partial charge on any atom is 0.273 e. The molecule has 0 aliphatic carbocycles. The maximum atomic E-state index is 12.8. The first-order valence-corrected chi connectivity index (χ1v) is 10.9. The SMILES string of the molecule is CCC(CNC(=O)c1nnn(C2CCNCC2)c1C)N1CCc2ccccc2C1. The molecule has 1 atom stereocenters. The van der Waals surface area contributed by atoms with Gasteiger partial charge in [0.25, 0.3) is 5.91 Å². The second-order valence-corrected chi connectivity index (χ2v) is 8.21. The van der Waals surface area contributed by atoms with Crippen molar-refractivity contribution in [2.24, 2.45) is 0 Å². The third kappa shape index (κ3) is 4.36. The standard InChI is InChI=1S/C22H32N6O/c1-3-19(27-13-10-17-6-4-5-7-18(17)15-27)14-24-22(29)21-16(2)28(26-25-21)20-8-11-23-12-9-20/h4-7,19-20,23H,3,8-15H2,1-2H3,(H,24,29). The zero-order chi connectivity index (χ0) is 20.2. The first-order chi connectivity index (χ1) is 14.2. The van der Waals surface area contributed by atoms with Crippen molar-refractivity contribution in [3.63, 3.8) is 0 Å². The summed E-state index contributed by atoms with van der Waals surface area (Å²) in [7, 11) is 0. The number of piperidine rings is 1. The van der Waals surface area contributed by atoms with Crippen molar-refractivity contribution < 1.29 is 4.79 Å². The molecular weight excluding hydrogens is 364 g/mol. The summed E-state index contributed by atoms with van der Waals surface area (Å²) in [6.07, 6.45) is 4.13. The number of carbonyl (C=O) groups excluding carboxylic acids is 1. The summed E-state index contributed by atoms with van der Waals surface area (Å²) in [4.78, 5) is 15.3. The van der Waals surface area contributed by atoms with Crippen molar-refractivity contribution in [3.05, 3.63) is 46.8 Å². The summed E-state index contributed by atoms with van der Waals surface area (Å²) in [5.41, 5.74) is 4.19. The number of carbonyl (C=O) groups is 1. The van der Waals surface area contributed by atoms with Gasteiger partial charge < -0.3 is 10.6 Å². The number of aromatic nitrogens is 3. The minimum atomic E-state index is -0.112. The van der Waals surface area contributed by atoms with Gasteiger partial charge in [-0.15, -0.1) is 5.10 Å². The predicted octanol–water partition coefficient (Wildman–Crippen LogP) is 2.08. The number of nitrogens with one attached hydrogen (secondary N) is 2. The molecule has 4 rings (SSSR count). The summed E-state index contributed by atoms with van der Waals surface area (Å²) in [6, 6.07) is 9.33. The van der Waals surface area contributed by atoms with Crippen LogP contribution in [0.4, 0.5) is 0 Å². The van der Waals surface area contributed by atoms with Crippen LogP contribution in [-0.4, -0.2) is 58.0 Å². The normalized spacial score (nSPS) is 19.0. The Kier molecular flexibility index (Phi) is 6.25. The van der Waals surface area contributed by atoms with Gasteiger partial charge in [-0.2, -0.15) is 0 Å². The summed E-state index contributed by atoms with van der Waals surface area (Å²) >= 11 is 0. The van der Waals surface area contributed by atoms with Crippen molar-refractivity contribution in [2.45, 2.75) is 58.2 Å². The van der Waals surface area contributed by atoms with E-state index in [2.05, 4.69) is 57.0 Å². The molecule has 1 aromatic carbocycles. The first-order valence-electron chi connectivity index (χ1n) is 10.9. The largest absolute Gasteiger partial charge is 0.349 e. The van der Waals surface area contributed by atoms with Crippen LogP contribution >= 0.6 is 0 Å². The van der Waals surface area contributed by atoms with Crippen LogP contribution < -0.4 is 10.6 Å². The molecule has 2 aromatic rings. The Bertz CT molecular complexity index is 842. The highest BCUT2D eigenvalue weighted by Crippen LogP contribution is 2.22. The zero-order valence-corrected chi connectivity index (χ0v) is 17.5. The van der Waals surface area contributed by atoms with Crippen LogP contribution in [0.3, 0.4) is 0 Å². The lowest BCUT2D eigenvalue weighted by Crippen LogP contribution is -2.45. The van der Waals surface area contributed by atoms with Gasteiger partial charge in [-0.3, -0.25) is 9.69 Å². The van der Waals surface area contributed by atoms with Crippen LogP contribution in [0.15, 0.2) is 24.3 Å². The molecule has 2 N–H and O–H groups in total. The lowest BCUT2D eigenvalue weighted by molar-refractivity contribution is 0.0920. The Morgan fingerprint density at radius 2 is 2.03 bits per heavy atom. The lowest BCUT2D eigenvalue weighted by atomic mass is 9.98. The molecule has 1 unspecified atom stereocenters. The Hall–Kier alpha value is -2.25. The fraction of sp³-hybridized carbons (Fsp3) is 0.591. The van der Waals surface area contributed by atoms with Gasteiger partial charge in [-0.1, -0.05) is 36.4 Å². The summed E-state index contributed by atoms with van der Waals surface area (Å²) in [5, 5.41) is 15.0. The maximum absolute atomic E-state index is 12.8. The van der Waals surface area contributed by atoms with Gasteiger partial charge >= 0.3 is 0 Å². The minimum absolute atomic E-state index is 0.112. The molecule has 0 spiro atoms. The van der Waals surface area contributed by atoms with E-state index in [9.17, 15) is 4.79 Å². The van der Waals surface area contributed by atoms with Crippen LogP contribution in [0.1, 0.15) is 59.5 Å². The lowest BCUT2D eigenvalue weighted by Gasteiger charge is -2.35. The minimum Gasteiger partial charge on any atom is -0.349 e. The molecule has 2 aliphatic rings. The molecule has 0 radical (unpaired) electrons. The number of benzene rings is 1. The smallest absolute Gasteiger partial charge is 0.273 e. The second-order valence-electron chi connectivity index (χ2n) is 8.21. The number of hydrogen-bond donors (Lipinski definition) is 2. The number of amides is 1. The van der Waals surface area contributed by atoms with Crippen LogP contribution in [0.2, 0.25) is 0 Å². The van der Waals surface area contributed by atoms with Crippen molar-refractivity contribution in [3.8, 4) is 0 Å². The average Bonchev–Trinajstić information content (AvgIpc) is 3.16. The quantitative estimate of drug-likeness (QED) is 0.782. The van der Waals surface area contributed by atoms with Gasteiger partial charge in [-0.25, -0.2) is 4.68 Å². The van der Waals surface area contributed by atoms with Crippen LogP contribution in [-0.2, 0) is 13.0 Å². The molecule has 1 fully saturated rings. The van der Waals surface area contributed by atoms with E-state index >= 15 is 0 Å². The molecule has 1 saturated heterocycles. The van der Waals surface area contributed by atoms with Gasteiger partial charge in [0.2, 0.25) is 0 Å². The Labute approximate surface area is 172 Å². The number of fused-ring (bicyclic) bond motifs is 1. The van der Waals surface area contributed by atoms with Crippen molar-refractivity contribution >= 4 is 5.91 Å². The van der Waals surface area contributed by atoms with E-state index in [1.54, 1.807) is 0 Å². The molecule has 29 heavy (non-hydrogen) atoms. The van der Waals surface area contributed by atoms with Gasteiger partial charge in [0.05, 0.1) is 11.7 Å². The Balaban J connectivity index is 1.37. The molecule has 7 nitrogen and oxygen atoms in total. The van der Waals surface area contributed by atoms with Gasteiger partial charge in [0, 0.05) is 25.7 Å². The van der Waals surface area contributed by atoms with E-state index in [1.165, 1.54) is 11.1 Å². The fourth-order valence-electron chi connectivity index (χ4n) is 4.60. The molecule has 2 aliphatic heterocycles. The topological polar surface area (TPSA) is 75.1 Å². The van der Waals surface area contributed by atoms with Gasteiger partial charge in [0.15, 0.2) is 5.69 Å². The van der Waals surface area contributed by atoms with Gasteiger partial charge in [-0.05, 0) is 56.8 Å².